The lowest BCUT2D eigenvalue weighted by Gasteiger charge is -2.60. The smallest absolute Gasteiger partial charge is 0.161 e. The molecule has 1 heterocycles. The molecule has 1 aliphatic heterocycles. The molecule has 5 aliphatic rings. The van der Waals surface area contributed by atoms with Gasteiger partial charge in [-0.15, -0.1) is 12.4 Å². The van der Waals surface area contributed by atoms with Crippen LogP contribution in [0, 0.1) is 23.2 Å². The molecule has 6 rings (SSSR count). The number of hydrogen-bond acceptors (Lipinski definition) is 4. The zero-order valence-corrected chi connectivity index (χ0v) is 15.3. The van der Waals surface area contributed by atoms with Crippen molar-refractivity contribution in [3.63, 3.8) is 0 Å². The fraction of sp³-hybridized carbons (Fsp3) is 0.700. The summed E-state index contributed by atoms with van der Waals surface area (Å²) in [6, 6.07) is 3.41. The van der Waals surface area contributed by atoms with Gasteiger partial charge in [-0.05, 0) is 73.3 Å². The van der Waals surface area contributed by atoms with Crippen LogP contribution in [0.5, 0.6) is 11.5 Å². The van der Waals surface area contributed by atoms with E-state index < -0.39 is 0 Å². The van der Waals surface area contributed by atoms with E-state index in [2.05, 4.69) is 0 Å². The Hall–Kier alpha value is -0.970. The summed E-state index contributed by atoms with van der Waals surface area (Å²) in [6.07, 6.45) is 8.72. The highest BCUT2D eigenvalue weighted by atomic mass is 35.5. The van der Waals surface area contributed by atoms with Crippen LogP contribution in [0.1, 0.15) is 55.8 Å². The summed E-state index contributed by atoms with van der Waals surface area (Å²) >= 11 is 0. The van der Waals surface area contributed by atoms with Crippen LogP contribution in [0.3, 0.4) is 0 Å². The number of fused-ring (bicyclic) bond motifs is 1. The third kappa shape index (κ3) is 2.56. The van der Waals surface area contributed by atoms with Gasteiger partial charge in [0.05, 0.1) is 12.2 Å². The molecule has 138 valence electrons. The molecule has 4 aliphatic carbocycles. The number of aromatic hydroxyl groups is 2. The topological polar surface area (TPSA) is 75.7 Å². The van der Waals surface area contributed by atoms with Crippen LogP contribution in [0.25, 0.3) is 0 Å². The average molecular weight is 366 g/mol. The van der Waals surface area contributed by atoms with E-state index in [0.717, 1.165) is 28.9 Å². The van der Waals surface area contributed by atoms with Crippen LogP contribution >= 0.6 is 12.4 Å². The molecule has 5 heteroatoms. The van der Waals surface area contributed by atoms with Crippen LogP contribution in [0.4, 0.5) is 0 Å². The number of phenols is 2. The van der Waals surface area contributed by atoms with Gasteiger partial charge in [-0.1, -0.05) is 6.07 Å². The van der Waals surface area contributed by atoms with Crippen molar-refractivity contribution in [1.29, 1.82) is 0 Å². The number of rotatable bonds is 2. The molecule has 25 heavy (non-hydrogen) atoms. The Kier molecular flexibility index (Phi) is 4.21. The molecule has 4 nitrogen and oxygen atoms in total. The summed E-state index contributed by atoms with van der Waals surface area (Å²) in [5.41, 5.74) is 8.06. The highest BCUT2D eigenvalue weighted by Crippen LogP contribution is 2.63. The van der Waals surface area contributed by atoms with E-state index in [0.29, 0.717) is 13.0 Å². The first-order valence-corrected chi connectivity index (χ1v) is 9.47. The van der Waals surface area contributed by atoms with Crippen molar-refractivity contribution in [3.05, 3.63) is 23.3 Å². The monoisotopic (exact) mass is 365 g/mol. The number of ether oxygens (including phenoxy) is 1. The van der Waals surface area contributed by atoms with Gasteiger partial charge in [-0.3, -0.25) is 0 Å². The summed E-state index contributed by atoms with van der Waals surface area (Å²) in [4.78, 5) is 0. The number of hydrogen-bond donors (Lipinski definition) is 3. The lowest BCUT2D eigenvalue weighted by atomic mass is 9.47. The highest BCUT2D eigenvalue weighted by molar-refractivity contribution is 5.85. The lowest BCUT2D eigenvalue weighted by Crippen LogP contribution is -2.54. The largest absolute Gasteiger partial charge is 0.504 e. The van der Waals surface area contributed by atoms with Crippen LogP contribution in [0.15, 0.2) is 12.1 Å². The second-order valence-corrected chi connectivity index (χ2v) is 8.83. The number of nitrogens with two attached hydrogens (primary N) is 1. The molecule has 4 saturated carbocycles. The standard InChI is InChI=1S/C20H27NO3.ClH/c21-10-17-14-1-2-16(22)19(23)15(14)6-18(24-17)20-7-11-3-12(8-20)5-13(4-11)9-20;/h1-2,11-13,17-18,22-23H,3-10,21H2;1H/t11?,12?,13?,17-,18?,20?;/m0./s1. The fourth-order valence-electron chi connectivity index (χ4n) is 6.78. The maximum atomic E-state index is 10.4. The van der Waals surface area contributed by atoms with E-state index in [1.54, 1.807) is 6.07 Å². The predicted octanol–water partition coefficient (Wildman–Crippen LogP) is 3.68. The zero-order valence-electron chi connectivity index (χ0n) is 14.5. The Labute approximate surface area is 155 Å². The van der Waals surface area contributed by atoms with Gasteiger partial charge in [0.25, 0.3) is 0 Å². The molecule has 1 unspecified atom stereocenters. The SMILES string of the molecule is Cl.NC[C@@H]1OC(C23CC4CC(CC(C4)C2)C3)Cc2c1ccc(O)c2O. The van der Waals surface area contributed by atoms with Gasteiger partial charge >= 0.3 is 0 Å². The first-order chi connectivity index (χ1) is 11.6. The lowest BCUT2D eigenvalue weighted by molar-refractivity contribution is -0.165. The minimum absolute atomic E-state index is 0. The van der Waals surface area contributed by atoms with Gasteiger partial charge in [0.2, 0.25) is 0 Å². The molecule has 4 N–H and O–H groups in total. The van der Waals surface area contributed by atoms with Crippen molar-refractivity contribution in [2.45, 2.75) is 57.2 Å². The maximum absolute atomic E-state index is 10.4. The van der Waals surface area contributed by atoms with Crippen LogP contribution < -0.4 is 5.73 Å². The maximum Gasteiger partial charge on any atom is 0.161 e. The van der Waals surface area contributed by atoms with Gasteiger partial charge in [-0.2, -0.15) is 0 Å². The second kappa shape index (κ2) is 6.04. The molecule has 2 atom stereocenters. The number of halogens is 1. The normalized spacial score (nSPS) is 41.2. The predicted molar refractivity (Wildman–Crippen MR) is 98.0 cm³/mol. The van der Waals surface area contributed by atoms with Crippen molar-refractivity contribution >= 4 is 12.4 Å². The molecule has 0 saturated heterocycles. The molecule has 4 fully saturated rings. The molecule has 1 aromatic carbocycles. The fourth-order valence-corrected chi connectivity index (χ4v) is 6.78. The Balaban J connectivity index is 0.00000157. The summed E-state index contributed by atoms with van der Waals surface area (Å²) in [7, 11) is 0. The third-order valence-electron chi connectivity index (χ3n) is 7.35. The zero-order chi connectivity index (χ0) is 16.5. The molecular formula is C20H28ClNO3. The molecule has 1 aromatic rings. The van der Waals surface area contributed by atoms with Crippen molar-refractivity contribution < 1.29 is 14.9 Å². The van der Waals surface area contributed by atoms with Crippen LogP contribution in [-0.4, -0.2) is 22.9 Å². The molecule has 0 radical (unpaired) electrons. The van der Waals surface area contributed by atoms with Gasteiger partial charge in [0, 0.05) is 18.5 Å². The van der Waals surface area contributed by atoms with E-state index in [1.165, 1.54) is 38.5 Å². The van der Waals surface area contributed by atoms with Crippen molar-refractivity contribution in [1.82, 2.24) is 0 Å². The summed E-state index contributed by atoms with van der Waals surface area (Å²) in [6.45, 7) is 0.417. The molecule has 4 bridgehead atoms. The Bertz CT molecular complexity index is 642. The van der Waals surface area contributed by atoms with Gasteiger partial charge in [0.1, 0.15) is 0 Å². The second-order valence-electron chi connectivity index (χ2n) is 8.83. The van der Waals surface area contributed by atoms with E-state index in [4.69, 9.17) is 10.5 Å². The van der Waals surface area contributed by atoms with Gasteiger partial charge < -0.3 is 20.7 Å². The first-order valence-electron chi connectivity index (χ1n) is 9.47. The van der Waals surface area contributed by atoms with E-state index in [1.807, 2.05) is 6.07 Å². The molecule has 0 aromatic heterocycles. The summed E-state index contributed by atoms with van der Waals surface area (Å²) in [5.74, 6) is 2.61. The van der Waals surface area contributed by atoms with Gasteiger partial charge in [-0.25, -0.2) is 0 Å². The highest BCUT2D eigenvalue weighted by Gasteiger charge is 2.55. The third-order valence-corrected chi connectivity index (χ3v) is 7.35. The Morgan fingerprint density at radius 1 is 1.04 bits per heavy atom. The van der Waals surface area contributed by atoms with Crippen LogP contribution in [-0.2, 0) is 11.2 Å². The quantitative estimate of drug-likeness (QED) is 0.699. The Morgan fingerprint density at radius 2 is 1.64 bits per heavy atom. The number of benzene rings is 1. The van der Waals surface area contributed by atoms with E-state index >= 15 is 0 Å². The molecular weight excluding hydrogens is 338 g/mol. The Morgan fingerprint density at radius 3 is 2.20 bits per heavy atom. The van der Waals surface area contributed by atoms with Crippen molar-refractivity contribution in [3.8, 4) is 11.5 Å². The van der Waals surface area contributed by atoms with E-state index in [-0.39, 0.29) is 41.5 Å². The summed E-state index contributed by atoms with van der Waals surface area (Å²) in [5, 5.41) is 20.3. The van der Waals surface area contributed by atoms with Crippen molar-refractivity contribution in [2.75, 3.05) is 6.54 Å². The molecule has 0 spiro atoms. The molecule has 0 amide bonds. The van der Waals surface area contributed by atoms with Crippen molar-refractivity contribution in [2.24, 2.45) is 28.9 Å². The average Bonchev–Trinajstić information content (AvgIpc) is 2.56. The van der Waals surface area contributed by atoms with Gasteiger partial charge in [0.15, 0.2) is 11.5 Å². The minimum Gasteiger partial charge on any atom is -0.504 e. The number of phenolic OH excluding ortho intramolecular Hbond substituents is 2. The first kappa shape index (κ1) is 17.4. The van der Waals surface area contributed by atoms with Crippen LogP contribution in [0.2, 0.25) is 0 Å². The minimum atomic E-state index is -0.168. The van der Waals surface area contributed by atoms with E-state index in [9.17, 15) is 10.2 Å². The summed E-state index contributed by atoms with van der Waals surface area (Å²) < 4.78 is 6.52.